The molecule has 0 saturated carbocycles. The highest BCUT2D eigenvalue weighted by Crippen LogP contribution is 2.33. The molecule has 7 nitrogen and oxygen atoms in total. The zero-order valence-electron chi connectivity index (χ0n) is 23.1. The first-order valence-corrected chi connectivity index (χ1v) is 15.4. The number of amides is 2. The van der Waals surface area contributed by atoms with Crippen LogP contribution in [0.3, 0.4) is 0 Å². The number of hydrogen-bond donors (Lipinski definition) is 1. The van der Waals surface area contributed by atoms with Gasteiger partial charge in [0.2, 0.25) is 11.8 Å². The van der Waals surface area contributed by atoms with Crippen molar-refractivity contribution in [3.05, 3.63) is 94.0 Å². The molecule has 1 N–H and O–H groups in total. The van der Waals surface area contributed by atoms with Gasteiger partial charge in [-0.05, 0) is 62.6 Å². The fourth-order valence-corrected chi connectivity index (χ4v) is 6.18. The highest BCUT2D eigenvalue weighted by atomic mass is 35.5. The summed E-state index contributed by atoms with van der Waals surface area (Å²) in [5.74, 6) is -0.837. The molecule has 0 spiro atoms. The first kappa shape index (κ1) is 31.5. The smallest absolute Gasteiger partial charge is 0.264 e. The number of sulfonamides is 1. The zero-order chi connectivity index (χ0) is 29.4. The molecule has 40 heavy (non-hydrogen) atoms. The molecule has 3 aromatic rings. The Labute approximate surface area is 247 Å². The molecular weight excluding hydrogens is 569 g/mol. The van der Waals surface area contributed by atoms with Gasteiger partial charge in [0.25, 0.3) is 10.0 Å². The van der Waals surface area contributed by atoms with E-state index in [9.17, 15) is 18.0 Å². The number of nitrogens with one attached hydrogen (secondary N) is 1. The normalized spacial score (nSPS) is 12.8. The van der Waals surface area contributed by atoms with E-state index in [1.54, 1.807) is 18.2 Å². The van der Waals surface area contributed by atoms with Crippen LogP contribution in [0.4, 0.5) is 5.69 Å². The third-order valence-electron chi connectivity index (χ3n) is 6.65. The van der Waals surface area contributed by atoms with Crippen LogP contribution in [0.25, 0.3) is 0 Å². The number of carbonyl (C=O) groups excluding carboxylic acids is 2. The molecule has 0 fully saturated rings. The average molecular weight is 605 g/mol. The molecule has 3 aromatic carbocycles. The summed E-state index contributed by atoms with van der Waals surface area (Å²) in [5, 5.41) is 3.37. The van der Waals surface area contributed by atoms with Gasteiger partial charge in [-0.25, -0.2) is 8.42 Å². The maximum atomic E-state index is 14.1. The van der Waals surface area contributed by atoms with E-state index >= 15 is 0 Å². The lowest BCUT2D eigenvalue weighted by molar-refractivity contribution is -0.140. The summed E-state index contributed by atoms with van der Waals surface area (Å²) in [6.45, 7) is 7.20. The molecular formula is C30H35Cl2N3O4S. The van der Waals surface area contributed by atoms with Gasteiger partial charge in [0.1, 0.15) is 12.6 Å². The van der Waals surface area contributed by atoms with Crippen LogP contribution in [-0.4, -0.2) is 43.8 Å². The van der Waals surface area contributed by atoms with E-state index in [0.717, 1.165) is 21.9 Å². The average Bonchev–Trinajstić information content (AvgIpc) is 2.93. The number of anilines is 1. The summed E-state index contributed by atoms with van der Waals surface area (Å²) in [4.78, 5) is 28.9. The molecule has 0 aliphatic carbocycles. The molecule has 0 aliphatic heterocycles. The number of rotatable bonds is 12. The topological polar surface area (TPSA) is 86.8 Å². The second-order valence-corrected chi connectivity index (χ2v) is 12.4. The third kappa shape index (κ3) is 7.77. The molecule has 0 aromatic heterocycles. The Bertz CT molecular complexity index is 1420. The summed E-state index contributed by atoms with van der Waals surface area (Å²) in [5.41, 5.74) is 1.98. The maximum Gasteiger partial charge on any atom is 0.264 e. The van der Waals surface area contributed by atoms with Crippen molar-refractivity contribution in [2.75, 3.05) is 10.8 Å². The highest BCUT2D eigenvalue weighted by Gasteiger charge is 2.34. The Kier molecular flexibility index (Phi) is 11.0. The Morgan fingerprint density at radius 2 is 1.57 bits per heavy atom. The molecule has 2 amide bonds. The molecule has 0 heterocycles. The molecule has 0 unspecified atom stereocenters. The predicted octanol–water partition coefficient (Wildman–Crippen LogP) is 6.22. The van der Waals surface area contributed by atoms with E-state index < -0.39 is 28.5 Å². The number of aryl methyl sites for hydroxylation is 1. The number of carbonyl (C=O) groups is 2. The minimum Gasteiger partial charge on any atom is -0.352 e. The Hall–Kier alpha value is -3.07. The van der Waals surface area contributed by atoms with Crippen molar-refractivity contribution in [2.45, 2.75) is 64.1 Å². The lowest BCUT2D eigenvalue weighted by Gasteiger charge is -2.34. The quantitative estimate of drug-likeness (QED) is 0.266. The van der Waals surface area contributed by atoms with Crippen LogP contribution >= 0.6 is 23.2 Å². The van der Waals surface area contributed by atoms with E-state index in [1.165, 1.54) is 35.2 Å². The first-order valence-electron chi connectivity index (χ1n) is 13.2. The van der Waals surface area contributed by atoms with Crippen LogP contribution in [-0.2, 0) is 26.2 Å². The van der Waals surface area contributed by atoms with Gasteiger partial charge < -0.3 is 10.2 Å². The van der Waals surface area contributed by atoms with Crippen molar-refractivity contribution in [1.29, 1.82) is 0 Å². The Balaban J connectivity index is 2.07. The molecule has 2 atom stereocenters. The van der Waals surface area contributed by atoms with Crippen molar-refractivity contribution in [2.24, 2.45) is 0 Å². The second kappa shape index (κ2) is 14.0. The third-order valence-corrected chi connectivity index (χ3v) is 8.96. The van der Waals surface area contributed by atoms with Gasteiger partial charge in [0.15, 0.2) is 0 Å². The molecule has 0 bridgehead atoms. The summed E-state index contributed by atoms with van der Waals surface area (Å²) in [7, 11) is -4.21. The number of nitrogens with zero attached hydrogens (tertiary/aromatic N) is 2. The van der Waals surface area contributed by atoms with Gasteiger partial charge in [-0.2, -0.15) is 0 Å². The lowest BCUT2D eigenvalue weighted by Crippen LogP contribution is -2.53. The second-order valence-electron chi connectivity index (χ2n) is 9.67. The van der Waals surface area contributed by atoms with Gasteiger partial charge in [0.05, 0.1) is 15.6 Å². The van der Waals surface area contributed by atoms with Gasteiger partial charge in [-0.15, -0.1) is 0 Å². The van der Waals surface area contributed by atoms with Gasteiger partial charge in [0, 0.05) is 17.6 Å². The summed E-state index contributed by atoms with van der Waals surface area (Å²) in [6.07, 6.45) is 1.07. The molecule has 214 valence electrons. The zero-order valence-corrected chi connectivity index (χ0v) is 25.4. The minimum absolute atomic E-state index is 0.000423. The number of hydrogen-bond acceptors (Lipinski definition) is 4. The van der Waals surface area contributed by atoms with Crippen molar-refractivity contribution in [3.8, 4) is 0 Å². The van der Waals surface area contributed by atoms with Gasteiger partial charge in [-0.1, -0.05) is 85.1 Å². The van der Waals surface area contributed by atoms with Crippen molar-refractivity contribution in [1.82, 2.24) is 10.2 Å². The molecule has 3 rings (SSSR count). The summed E-state index contributed by atoms with van der Waals surface area (Å²) < 4.78 is 28.7. The summed E-state index contributed by atoms with van der Waals surface area (Å²) in [6, 6.07) is 19.0. The monoisotopic (exact) mass is 603 g/mol. The maximum absolute atomic E-state index is 14.1. The highest BCUT2D eigenvalue weighted by molar-refractivity contribution is 7.92. The lowest BCUT2D eigenvalue weighted by atomic mass is 10.1. The fraction of sp³-hybridized carbons (Fsp3) is 0.333. The SMILES string of the molecule is CC[C@H](C)NC(=O)[C@H](CC)N(Cc1ccc(C)cc1)C(=O)CN(c1ccc(Cl)cc1Cl)S(=O)(=O)c1ccccc1. The van der Waals surface area contributed by atoms with Crippen molar-refractivity contribution >= 4 is 50.7 Å². The van der Waals surface area contributed by atoms with Gasteiger partial charge in [-0.3, -0.25) is 13.9 Å². The molecule has 10 heteroatoms. The van der Waals surface area contributed by atoms with Crippen LogP contribution in [0, 0.1) is 6.92 Å². The minimum atomic E-state index is -4.21. The Morgan fingerprint density at radius 3 is 2.15 bits per heavy atom. The standard InChI is InChI=1S/C30H35Cl2N3O4S/c1-5-22(4)33-30(37)27(6-2)34(19-23-14-12-21(3)13-15-23)29(36)20-35(28-17-16-24(31)18-26(28)32)40(38,39)25-10-8-7-9-11-25/h7-18,22,27H,5-6,19-20H2,1-4H3,(H,33,37)/t22-,27-/m0/s1. The fourth-order valence-electron chi connectivity index (χ4n) is 4.17. The van der Waals surface area contributed by atoms with Crippen molar-refractivity contribution < 1.29 is 18.0 Å². The van der Waals surface area contributed by atoms with Crippen molar-refractivity contribution in [3.63, 3.8) is 0 Å². The van der Waals surface area contributed by atoms with Crippen LogP contribution in [0.15, 0.2) is 77.7 Å². The number of halogens is 2. The molecule has 0 saturated heterocycles. The first-order chi connectivity index (χ1) is 19.0. The van der Waals surface area contributed by atoms with Gasteiger partial charge >= 0.3 is 0 Å². The van der Waals surface area contributed by atoms with Crippen LogP contribution in [0.5, 0.6) is 0 Å². The summed E-state index contributed by atoms with van der Waals surface area (Å²) >= 11 is 12.5. The Morgan fingerprint density at radius 1 is 0.925 bits per heavy atom. The molecule has 0 aliphatic rings. The van der Waals surface area contributed by atoms with E-state index in [2.05, 4.69) is 5.32 Å². The molecule has 0 radical (unpaired) electrons. The van der Waals surface area contributed by atoms with Crippen LogP contribution in [0.2, 0.25) is 10.0 Å². The predicted molar refractivity (Wildman–Crippen MR) is 161 cm³/mol. The van der Waals surface area contributed by atoms with Crippen LogP contribution in [0.1, 0.15) is 44.7 Å². The van der Waals surface area contributed by atoms with E-state index in [4.69, 9.17) is 23.2 Å². The van der Waals surface area contributed by atoms with E-state index in [1.807, 2.05) is 52.0 Å². The van der Waals surface area contributed by atoms with E-state index in [0.29, 0.717) is 11.4 Å². The number of benzene rings is 3. The largest absolute Gasteiger partial charge is 0.352 e. The van der Waals surface area contributed by atoms with E-state index in [-0.39, 0.29) is 34.1 Å². The van der Waals surface area contributed by atoms with Crippen LogP contribution < -0.4 is 9.62 Å².